The van der Waals surface area contributed by atoms with E-state index in [0.29, 0.717) is 0 Å². The van der Waals surface area contributed by atoms with Gasteiger partial charge < -0.3 is 9.47 Å². The van der Waals surface area contributed by atoms with Crippen LogP contribution in [-0.2, 0) is 0 Å². The summed E-state index contributed by atoms with van der Waals surface area (Å²) in [7, 11) is 0. The second kappa shape index (κ2) is 11.8. The van der Waals surface area contributed by atoms with E-state index in [1.165, 1.54) is 54.8 Å². The average Bonchev–Trinajstić information content (AvgIpc) is 3.48. The molecular formula is C46H32N2. The predicted octanol–water partition coefficient (Wildman–Crippen LogP) is 12.7. The summed E-state index contributed by atoms with van der Waals surface area (Å²) < 4.78 is 2.42. The molecule has 0 amide bonds. The molecule has 0 bridgehead atoms. The molecule has 0 atom stereocenters. The van der Waals surface area contributed by atoms with E-state index in [4.69, 9.17) is 0 Å². The summed E-state index contributed by atoms with van der Waals surface area (Å²) in [5.74, 6) is 0. The molecule has 0 aliphatic heterocycles. The molecule has 0 unspecified atom stereocenters. The maximum atomic E-state index is 2.42. The number of para-hydroxylation sites is 2. The fraction of sp³-hybridized carbons (Fsp3) is 0. The Hall–Kier alpha value is -6.38. The molecule has 226 valence electrons. The summed E-state index contributed by atoms with van der Waals surface area (Å²) in [5.41, 5.74) is 11.6. The van der Waals surface area contributed by atoms with Crippen molar-refractivity contribution in [2.45, 2.75) is 0 Å². The molecule has 2 heteroatoms. The number of fused-ring (bicyclic) bond motifs is 4. The first kappa shape index (κ1) is 27.9. The zero-order chi connectivity index (χ0) is 31.9. The third-order valence-corrected chi connectivity index (χ3v) is 9.35. The molecule has 8 aromatic carbocycles. The summed E-state index contributed by atoms with van der Waals surface area (Å²) in [4.78, 5) is 2.40. The first-order chi connectivity index (χ1) is 23.8. The zero-order valence-electron chi connectivity index (χ0n) is 26.4. The van der Waals surface area contributed by atoms with Gasteiger partial charge in [0.25, 0.3) is 0 Å². The Bertz CT molecular complexity index is 2530. The van der Waals surface area contributed by atoms with Gasteiger partial charge in [-0.25, -0.2) is 0 Å². The summed E-state index contributed by atoms with van der Waals surface area (Å²) in [5, 5.41) is 4.97. The molecule has 0 fully saturated rings. The molecule has 2 nitrogen and oxygen atoms in total. The number of anilines is 3. The number of rotatable bonds is 6. The molecule has 1 heterocycles. The van der Waals surface area contributed by atoms with Gasteiger partial charge in [0.2, 0.25) is 0 Å². The smallest absolute Gasteiger partial charge is 0.0561 e. The number of hydrogen-bond acceptors (Lipinski definition) is 1. The van der Waals surface area contributed by atoms with Crippen molar-refractivity contribution in [1.82, 2.24) is 4.57 Å². The Balaban J connectivity index is 1.30. The van der Waals surface area contributed by atoms with E-state index in [-0.39, 0.29) is 0 Å². The molecule has 0 saturated heterocycles. The highest BCUT2D eigenvalue weighted by molar-refractivity contribution is 6.14. The van der Waals surface area contributed by atoms with Crippen molar-refractivity contribution in [1.29, 1.82) is 0 Å². The van der Waals surface area contributed by atoms with Gasteiger partial charge in [-0.3, -0.25) is 0 Å². The van der Waals surface area contributed by atoms with E-state index in [1.54, 1.807) is 0 Å². The Labute approximate surface area is 280 Å². The van der Waals surface area contributed by atoms with Crippen LogP contribution in [0.4, 0.5) is 17.1 Å². The van der Waals surface area contributed by atoms with Crippen molar-refractivity contribution >= 4 is 49.6 Å². The van der Waals surface area contributed by atoms with Crippen LogP contribution >= 0.6 is 0 Å². The van der Waals surface area contributed by atoms with E-state index in [2.05, 4.69) is 204 Å². The van der Waals surface area contributed by atoms with E-state index < -0.39 is 0 Å². The lowest BCUT2D eigenvalue weighted by Gasteiger charge is -2.28. The molecule has 0 radical (unpaired) electrons. The minimum Gasteiger partial charge on any atom is -0.310 e. The normalized spacial score (nSPS) is 11.3. The summed E-state index contributed by atoms with van der Waals surface area (Å²) in [6.45, 7) is 0. The predicted molar refractivity (Wildman–Crippen MR) is 204 cm³/mol. The maximum Gasteiger partial charge on any atom is 0.0561 e. The lowest BCUT2D eigenvalue weighted by atomic mass is 10.0. The zero-order valence-corrected chi connectivity index (χ0v) is 26.4. The lowest BCUT2D eigenvalue weighted by Crippen LogP contribution is -2.11. The Morgan fingerprint density at radius 3 is 1.62 bits per heavy atom. The van der Waals surface area contributed by atoms with Crippen LogP contribution in [0.3, 0.4) is 0 Å². The van der Waals surface area contributed by atoms with Gasteiger partial charge >= 0.3 is 0 Å². The first-order valence-electron chi connectivity index (χ1n) is 16.4. The second-order valence-corrected chi connectivity index (χ2v) is 12.2. The van der Waals surface area contributed by atoms with Crippen LogP contribution in [0.25, 0.3) is 60.5 Å². The molecule has 0 N–H and O–H groups in total. The highest BCUT2D eigenvalue weighted by Crippen LogP contribution is 2.44. The average molecular weight is 613 g/mol. The number of aromatic nitrogens is 1. The lowest BCUT2D eigenvalue weighted by molar-refractivity contribution is 1.18. The third-order valence-electron chi connectivity index (χ3n) is 9.35. The summed E-state index contributed by atoms with van der Waals surface area (Å²) in [6.07, 6.45) is 0. The monoisotopic (exact) mass is 612 g/mol. The van der Waals surface area contributed by atoms with Gasteiger partial charge in [-0.05, 0) is 82.1 Å². The highest BCUT2D eigenvalue weighted by Gasteiger charge is 2.20. The van der Waals surface area contributed by atoms with Crippen molar-refractivity contribution in [3.05, 3.63) is 194 Å². The molecule has 0 aliphatic rings. The van der Waals surface area contributed by atoms with Crippen molar-refractivity contribution in [3.63, 3.8) is 0 Å². The van der Waals surface area contributed by atoms with Crippen LogP contribution in [0.15, 0.2) is 194 Å². The maximum absolute atomic E-state index is 2.42. The Kier molecular flexibility index (Phi) is 6.84. The van der Waals surface area contributed by atoms with Crippen molar-refractivity contribution < 1.29 is 0 Å². The van der Waals surface area contributed by atoms with Gasteiger partial charge in [0.05, 0.1) is 16.7 Å². The Morgan fingerprint density at radius 1 is 0.354 bits per heavy atom. The van der Waals surface area contributed by atoms with E-state index in [1.807, 2.05) is 0 Å². The quantitative estimate of drug-likeness (QED) is 0.181. The summed E-state index contributed by atoms with van der Waals surface area (Å²) >= 11 is 0. The van der Waals surface area contributed by atoms with Crippen LogP contribution in [0.2, 0.25) is 0 Å². The van der Waals surface area contributed by atoms with Gasteiger partial charge in [0.15, 0.2) is 0 Å². The fourth-order valence-corrected chi connectivity index (χ4v) is 7.08. The highest BCUT2D eigenvalue weighted by atomic mass is 15.1. The van der Waals surface area contributed by atoms with Crippen LogP contribution in [0.5, 0.6) is 0 Å². The second-order valence-electron chi connectivity index (χ2n) is 12.2. The van der Waals surface area contributed by atoms with Gasteiger partial charge in [0, 0.05) is 33.4 Å². The van der Waals surface area contributed by atoms with Crippen LogP contribution in [0, 0.1) is 0 Å². The minimum atomic E-state index is 1.10. The van der Waals surface area contributed by atoms with Crippen LogP contribution in [0.1, 0.15) is 0 Å². The van der Waals surface area contributed by atoms with Crippen molar-refractivity contribution in [2.75, 3.05) is 4.90 Å². The van der Waals surface area contributed by atoms with Crippen molar-refractivity contribution in [2.24, 2.45) is 0 Å². The first-order valence-corrected chi connectivity index (χ1v) is 16.4. The molecule has 1 aromatic heterocycles. The molecule has 0 aliphatic carbocycles. The van der Waals surface area contributed by atoms with E-state index >= 15 is 0 Å². The minimum absolute atomic E-state index is 1.10. The summed E-state index contributed by atoms with van der Waals surface area (Å²) in [6, 6.07) is 69.9. The molecule has 0 saturated carbocycles. The number of nitrogens with zero attached hydrogens (tertiary/aromatic N) is 2. The topological polar surface area (TPSA) is 8.17 Å². The van der Waals surface area contributed by atoms with E-state index in [9.17, 15) is 0 Å². The third kappa shape index (κ3) is 4.83. The standard InChI is InChI=1S/C46H32N2/c1-4-14-33(15-5-1)34-24-26-39(27-25-34)47(44-23-13-12-22-41(44)35-16-6-2-7-17-35)40-28-29-42-43-30-36-18-10-11-19-37(36)31-45(43)48(46(42)32-40)38-20-8-3-9-21-38/h1-32H. The van der Waals surface area contributed by atoms with Gasteiger partial charge in [-0.15, -0.1) is 0 Å². The van der Waals surface area contributed by atoms with Gasteiger partial charge in [0.1, 0.15) is 0 Å². The largest absolute Gasteiger partial charge is 0.310 e. The van der Waals surface area contributed by atoms with Crippen LogP contribution in [-0.4, -0.2) is 4.57 Å². The fourth-order valence-electron chi connectivity index (χ4n) is 7.08. The van der Waals surface area contributed by atoms with Crippen LogP contribution < -0.4 is 4.90 Å². The van der Waals surface area contributed by atoms with Crippen molar-refractivity contribution in [3.8, 4) is 27.9 Å². The molecule has 9 aromatic rings. The Morgan fingerprint density at radius 2 is 0.896 bits per heavy atom. The van der Waals surface area contributed by atoms with E-state index in [0.717, 1.165) is 22.7 Å². The molecule has 48 heavy (non-hydrogen) atoms. The number of hydrogen-bond donors (Lipinski definition) is 0. The number of benzene rings is 8. The van der Waals surface area contributed by atoms with Gasteiger partial charge in [-0.1, -0.05) is 140 Å². The van der Waals surface area contributed by atoms with Gasteiger partial charge in [-0.2, -0.15) is 0 Å². The molecule has 0 spiro atoms. The molecular weight excluding hydrogens is 581 g/mol. The molecule has 9 rings (SSSR count). The SMILES string of the molecule is c1ccc(-c2ccc(N(c3ccc4c5cc6ccccc6cc5n(-c5ccccc5)c4c3)c3ccccc3-c3ccccc3)cc2)cc1.